The van der Waals surface area contributed by atoms with Crippen LogP contribution in [0.3, 0.4) is 0 Å². The highest BCUT2D eigenvalue weighted by Crippen LogP contribution is 2.24. The van der Waals surface area contributed by atoms with Crippen LogP contribution >= 0.6 is 0 Å². The van der Waals surface area contributed by atoms with Crippen molar-refractivity contribution in [1.82, 2.24) is 15.1 Å². The molecule has 0 aliphatic heterocycles. The van der Waals surface area contributed by atoms with Crippen molar-refractivity contribution in [2.75, 3.05) is 0 Å². The van der Waals surface area contributed by atoms with Crippen LogP contribution < -0.4 is 10.1 Å². The fourth-order valence-electron chi connectivity index (χ4n) is 4.23. The number of nitrogens with zero attached hydrogens (tertiary/aromatic N) is 2. The number of rotatable bonds is 11. The second kappa shape index (κ2) is 11.7. The minimum Gasteiger partial charge on any atom is -0.476 e. The number of nitrogens with one attached hydrogen (secondary N) is 1. The predicted molar refractivity (Wildman–Crippen MR) is 129 cm³/mol. The minimum absolute atomic E-state index is 0.0460. The van der Waals surface area contributed by atoms with E-state index in [0.29, 0.717) is 17.9 Å². The van der Waals surface area contributed by atoms with Crippen molar-refractivity contribution >= 4 is 5.97 Å². The molecule has 2 aromatic carbocycles. The molecule has 2 N–H and O–H groups in total. The molecule has 0 saturated heterocycles. The summed E-state index contributed by atoms with van der Waals surface area (Å²) in [5.74, 6) is -1.32. The second-order valence-electron chi connectivity index (χ2n) is 8.68. The van der Waals surface area contributed by atoms with Gasteiger partial charge in [0, 0.05) is 17.3 Å². The maximum absolute atomic E-state index is 14.0. The molecule has 1 aromatic heterocycles. The van der Waals surface area contributed by atoms with E-state index >= 15 is 0 Å². The molecule has 8 heteroatoms. The van der Waals surface area contributed by atoms with E-state index in [1.807, 2.05) is 30.3 Å². The van der Waals surface area contributed by atoms with Gasteiger partial charge in [0.15, 0.2) is 5.69 Å². The number of hydrogen-bond donors (Lipinski definition) is 2. The fourth-order valence-corrected chi connectivity index (χ4v) is 4.23. The first-order chi connectivity index (χ1) is 17.0. The van der Waals surface area contributed by atoms with E-state index in [1.165, 1.54) is 16.8 Å². The van der Waals surface area contributed by atoms with Gasteiger partial charge >= 0.3 is 5.97 Å². The number of aromatic nitrogens is 2. The third kappa shape index (κ3) is 6.70. The van der Waals surface area contributed by atoms with Crippen LogP contribution in [0.15, 0.2) is 72.9 Å². The molecule has 35 heavy (non-hydrogen) atoms. The van der Waals surface area contributed by atoms with Crippen LogP contribution in [0.2, 0.25) is 0 Å². The average molecular weight is 480 g/mol. The summed E-state index contributed by atoms with van der Waals surface area (Å²) in [6, 6.07) is 17.8. The van der Waals surface area contributed by atoms with Gasteiger partial charge in [0.1, 0.15) is 12.4 Å². The molecule has 0 spiro atoms. The zero-order valence-corrected chi connectivity index (χ0v) is 19.5. The van der Waals surface area contributed by atoms with E-state index in [2.05, 4.69) is 17.0 Å². The lowest BCUT2D eigenvalue weighted by atomic mass is 9.92. The van der Waals surface area contributed by atoms with E-state index in [4.69, 9.17) is 9.47 Å². The Balaban J connectivity index is 1.39. The molecule has 0 unspecified atom stereocenters. The van der Waals surface area contributed by atoms with E-state index in [1.54, 1.807) is 18.2 Å². The lowest BCUT2D eigenvalue weighted by molar-refractivity contribution is -0.00338. The number of allylic oxidation sites excluding steroid dienone is 1. The number of carboxylic acid groups (broad SMARTS) is 1. The van der Waals surface area contributed by atoms with Crippen molar-refractivity contribution in [3.63, 3.8) is 0 Å². The van der Waals surface area contributed by atoms with Crippen LogP contribution in [0.1, 0.15) is 47.3 Å². The van der Waals surface area contributed by atoms with E-state index in [9.17, 15) is 14.3 Å². The number of hydrogen-bond acceptors (Lipinski definition) is 5. The number of benzene rings is 2. The van der Waals surface area contributed by atoms with Crippen molar-refractivity contribution in [3.8, 4) is 5.88 Å². The molecule has 1 fully saturated rings. The van der Waals surface area contributed by atoms with Crippen LogP contribution in [0.5, 0.6) is 5.88 Å². The van der Waals surface area contributed by atoms with Crippen molar-refractivity contribution in [2.45, 2.75) is 57.6 Å². The minimum atomic E-state index is -1.17. The predicted octanol–water partition coefficient (Wildman–Crippen LogP) is 4.93. The third-order valence-corrected chi connectivity index (χ3v) is 6.04. The van der Waals surface area contributed by atoms with Crippen molar-refractivity contribution in [1.29, 1.82) is 0 Å². The van der Waals surface area contributed by atoms with Crippen molar-refractivity contribution < 1.29 is 23.8 Å². The first kappa shape index (κ1) is 24.5. The van der Waals surface area contributed by atoms with Gasteiger partial charge in [-0.15, -0.1) is 0 Å². The van der Waals surface area contributed by atoms with Crippen LogP contribution in [-0.4, -0.2) is 33.0 Å². The highest BCUT2D eigenvalue weighted by Gasteiger charge is 2.26. The highest BCUT2D eigenvalue weighted by molar-refractivity contribution is 5.85. The Morgan fingerprint density at radius 2 is 1.86 bits per heavy atom. The van der Waals surface area contributed by atoms with Crippen LogP contribution in [0, 0.1) is 5.82 Å². The van der Waals surface area contributed by atoms with Gasteiger partial charge in [-0.05, 0) is 24.5 Å². The van der Waals surface area contributed by atoms with Gasteiger partial charge in [0.25, 0.3) is 0 Å². The molecule has 3 aromatic rings. The fraction of sp³-hybridized carbons (Fsp3) is 0.333. The summed E-state index contributed by atoms with van der Waals surface area (Å²) in [6.45, 7) is 4.84. The zero-order chi connectivity index (χ0) is 24.6. The van der Waals surface area contributed by atoms with Gasteiger partial charge in [0.05, 0.1) is 25.3 Å². The zero-order valence-electron chi connectivity index (χ0n) is 19.5. The lowest BCUT2D eigenvalue weighted by Gasteiger charge is -2.33. The van der Waals surface area contributed by atoms with E-state index in [-0.39, 0.29) is 42.7 Å². The summed E-state index contributed by atoms with van der Waals surface area (Å²) >= 11 is 0. The molecule has 1 heterocycles. The quantitative estimate of drug-likeness (QED) is 0.406. The topological polar surface area (TPSA) is 85.6 Å². The lowest BCUT2D eigenvalue weighted by Crippen LogP contribution is -2.43. The molecule has 7 nitrogen and oxygen atoms in total. The summed E-state index contributed by atoms with van der Waals surface area (Å²) in [5, 5.41) is 17.0. The Kier molecular flexibility index (Phi) is 8.15. The number of halogens is 1. The normalized spacial score (nSPS) is 17.6. The molecule has 1 aliphatic rings. The molecule has 184 valence electrons. The van der Waals surface area contributed by atoms with Crippen LogP contribution in [-0.2, 0) is 24.5 Å². The Morgan fingerprint density at radius 3 is 2.63 bits per heavy atom. The molecule has 0 bridgehead atoms. The second-order valence-corrected chi connectivity index (χ2v) is 8.68. The standard InChI is InChI=1S/C27H30FN3O4/c1-19(29-23-13-7-8-14-25(23)34-17-20-9-3-2-4-10-20)16-31-26(15-24(30-31)27(32)33)35-18-21-11-5-6-12-22(21)28/h2-6,9-12,15,23,25,29H,1,7-8,13-14,16-18H2,(H,32,33)/t23-,25-/m0/s1. The molecule has 2 atom stereocenters. The summed E-state index contributed by atoms with van der Waals surface area (Å²) in [6.07, 6.45) is 4.16. The molecule has 0 amide bonds. The Hall–Kier alpha value is -3.65. The van der Waals surface area contributed by atoms with E-state index < -0.39 is 5.97 Å². The first-order valence-electron chi connectivity index (χ1n) is 11.8. The Morgan fingerprint density at radius 1 is 1.11 bits per heavy atom. The number of carboxylic acids is 1. The van der Waals surface area contributed by atoms with Gasteiger partial charge in [-0.25, -0.2) is 13.9 Å². The van der Waals surface area contributed by atoms with E-state index in [0.717, 1.165) is 31.2 Å². The SMILES string of the molecule is C=C(Cn1nc(C(=O)O)cc1OCc1ccccc1F)N[C@H]1CCCC[C@@H]1OCc1ccccc1. The third-order valence-electron chi connectivity index (χ3n) is 6.04. The van der Waals surface area contributed by atoms with Crippen LogP contribution in [0.25, 0.3) is 0 Å². The molecule has 0 radical (unpaired) electrons. The van der Waals surface area contributed by atoms with Crippen molar-refractivity contribution in [2.24, 2.45) is 0 Å². The van der Waals surface area contributed by atoms with Gasteiger partial charge in [-0.2, -0.15) is 5.10 Å². The molecule has 4 rings (SSSR count). The maximum atomic E-state index is 14.0. The summed E-state index contributed by atoms with van der Waals surface area (Å²) < 4.78 is 27.4. The molecule has 1 aliphatic carbocycles. The van der Waals surface area contributed by atoms with Crippen LogP contribution in [0.4, 0.5) is 4.39 Å². The molecule has 1 saturated carbocycles. The summed E-state index contributed by atoms with van der Waals surface area (Å²) in [4.78, 5) is 11.5. The maximum Gasteiger partial charge on any atom is 0.356 e. The van der Waals surface area contributed by atoms with Gasteiger partial charge < -0.3 is 19.9 Å². The monoisotopic (exact) mass is 479 g/mol. The van der Waals surface area contributed by atoms with Gasteiger partial charge in [-0.1, -0.05) is 68.0 Å². The Bertz CT molecular complexity index is 1150. The number of aromatic carboxylic acids is 1. The first-order valence-corrected chi connectivity index (χ1v) is 11.8. The highest BCUT2D eigenvalue weighted by atomic mass is 19.1. The summed E-state index contributed by atoms with van der Waals surface area (Å²) in [7, 11) is 0. The van der Waals surface area contributed by atoms with Gasteiger partial charge in [0.2, 0.25) is 5.88 Å². The number of ether oxygens (including phenoxy) is 2. The molecular formula is C27H30FN3O4. The van der Waals surface area contributed by atoms with Gasteiger partial charge in [-0.3, -0.25) is 0 Å². The average Bonchev–Trinajstić information content (AvgIpc) is 3.26. The largest absolute Gasteiger partial charge is 0.476 e. The summed E-state index contributed by atoms with van der Waals surface area (Å²) in [5.41, 5.74) is 2.02. The molecular weight excluding hydrogens is 449 g/mol. The Labute approximate surface area is 204 Å². The number of carbonyl (C=O) groups is 1. The smallest absolute Gasteiger partial charge is 0.356 e. The van der Waals surface area contributed by atoms with Crippen molar-refractivity contribution in [3.05, 3.63) is 95.6 Å².